The first kappa shape index (κ1) is 3.95. The molecular formula is C2HN2S2-. The van der Waals surface area contributed by atoms with Crippen LogP contribution in [0, 0.1) is 0 Å². The number of hydrogen-bond donors (Lipinski definition) is 0. The Labute approximate surface area is 44.8 Å². The lowest BCUT2D eigenvalue weighted by molar-refractivity contribution is 1.15. The van der Waals surface area contributed by atoms with Crippen LogP contribution in [-0.4, -0.2) is 9.59 Å². The van der Waals surface area contributed by atoms with Crippen LogP contribution in [0.1, 0.15) is 0 Å². The molecule has 1 heterocycles. The Balaban J connectivity index is 3.05. The van der Waals surface area contributed by atoms with E-state index in [0.717, 1.165) is 4.21 Å². The van der Waals surface area contributed by atoms with E-state index < -0.39 is 0 Å². The summed E-state index contributed by atoms with van der Waals surface area (Å²) in [5, 5.41) is 3.49. The van der Waals surface area contributed by atoms with Crippen LogP contribution in [0.4, 0.5) is 0 Å². The SMILES string of the molecule is [S-]c1cnns1. The maximum absolute atomic E-state index is 4.64. The highest BCUT2D eigenvalue weighted by Gasteiger charge is 1.65. The monoisotopic (exact) mass is 117 g/mol. The first-order valence-electron chi connectivity index (χ1n) is 1.34. The van der Waals surface area contributed by atoms with E-state index in [0.29, 0.717) is 0 Å². The van der Waals surface area contributed by atoms with Gasteiger partial charge >= 0.3 is 0 Å². The Morgan fingerprint density at radius 1 is 1.83 bits per heavy atom. The molecule has 0 aromatic carbocycles. The maximum atomic E-state index is 4.64. The van der Waals surface area contributed by atoms with Crippen molar-refractivity contribution in [2.24, 2.45) is 0 Å². The van der Waals surface area contributed by atoms with Gasteiger partial charge in [-0.3, -0.25) is 0 Å². The van der Waals surface area contributed by atoms with Crippen molar-refractivity contribution in [1.29, 1.82) is 0 Å². The number of nitrogens with zero attached hydrogens (tertiary/aromatic N) is 2. The van der Waals surface area contributed by atoms with E-state index in [9.17, 15) is 0 Å². The van der Waals surface area contributed by atoms with Gasteiger partial charge in [0.15, 0.2) is 0 Å². The molecule has 0 saturated heterocycles. The third kappa shape index (κ3) is 0.636. The van der Waals surface area contributed by atoms with Crippen molar-refractivity contribution >= 4 is 24.2 Å². The van der Waals surface area contributed by atoms with Crippen LogP contribution in [0.15, 0.2) is 10.4 Å². The Hall–Kier alpha value is -0.220. The lowest BCUT2D eigenvalue weighted by Crippen LogP contribution is -1.52. The number of rotatable bonds is 0. The van der Waals surface area contributed by atoms with E-state index >= 15 is 0 Å². The highest BCUT2D eigenvalue weighted by atomic mass is 32.2. The van der Waals surface area contributed by atoms with Gasteiger partial charge in [0.25, 0.3) is 0 Å². The van der Waals surface area contributed by atoms with Gasteiger partial charge in [0, 0.05) is 6.20 Å². The Kier molecular flexibility index (Phi) is 0.979. The molecule has 0 bridgehead atoms. The summed E-state index contributed by atoms with van der Waals surface area (Å²) in [7, 11) is 0. The van der Waals surface area contributed by atoms with Crippen LogP contribution in [0.2, 0.25) is 0 Å². The number of hydrogen-bond acceptors (Lipinski definition) is 4. The van der Waals surface area contributed by atoms with Crippen molar-refractivity contribution in [2.75, 3.05) is 0 Å². The zero-order valence-electron chi connectivity index (χ0n) is 2.79. The van der Waals surface area contributed by atoms with Crippen molar-refractivity contribution in [3.05, 3.63) is 6.20 Å². The largest absolute Gasteiger partial charge is 0.425 e. The van der Waals surface area contributed by atoms with Crippen molar-refractivity contribution in [2.45, 2.75) is 4.21 Å². The predicted octanol–water partition coefficient (Wildman–Crippen LogP) is 0.444. The molecule has 0 unspecified atom stereocenters. The van der Waals surface area contributed by atoms with E-state index in [2.05, 4.69) is 22.2 Å². The van der Waals surface area contributed by atoms with Crippen LogP contribution in [0.3, 0.4) is 0 Å². The van der Waals surface area contributed by atoms with E-state index in [1.165, 1.54) is 11.5 Å². The van der Waals surface area contributed by atoms with Crippen molar-refractivity contribution in [3.63, 3.8) is 0 Å². The fraction of sp³-hybridized carbons (Fsp3) is 0. The minimum atomic E-state index is 0.745. The predicted molar refractivity (Wildman–Crippen MR) is 25.5 cm³/mol. The second-order valence-corrected chi connectivity index (χ2v) is 2.22. The molecule has 32 valence electrons. The molecule has 0 aliphatic carbocycles. The molecule has 0 N–H and O–H groups in total. The van der Waals surface area contributed by atoms with Gasteiger partial charge in [-0.25, -0.2) is 16.0 Å². The average Bonchev–Trinajstić information content (AvgIpc) is 1.86. The Morgan fingerprint density at radius 3 is 2.83 bits per heavy atom. The van der Waals surface area contributed by atoms with Crippen molar-refractivity contribution < 1.29 is 0 Å². The van der Waals surface area contributed by atoms with Crippen LogP contribution >= 0.6 is 11.5 Å². The first-order valence-corrected chi connectivity index (χ1v) is 2.52. The molecule has 0 aliphatic rings. The molecule has 4 heteroatoms. The minimum Gasteiger partial charge on any atom is -0.425 e. The summed E-state index contributed by atoms with van der Waals surface area (Å²) < 4.78 is 4.25. The van der Waals surface area contributed by atoms with Crippen molar-refractivity contribution in [1.82, 2.24) is 9.59 Å². The molecule has 6 heavy (non-hydrogen) atoms. The van der Waals surface area contributed by atoms with Gasteiger partial charge < -0.3 is 12.6 Å². The zero-order chi connectivity index (χ0) is 4.41. The molecule has 0 atom stereocenters. The molecule has 0 aliphatic heterocycles. The maximum Gasteiger partial charge on any atom is 0.0385 e. The molecule has 1 rings (SSSR count). The molecule has 0 radical (unpaired) electrons. The summed E-state index contributed by atoms with van der Waals surface area (Å²) >= 11 is 5.87. The second kappa shape index (κ2) is 1.49. The smallest absolute Gasteiger partial charge is 0.0385 e. The normalized spacial score (nSPS) is 8.67. The van der Waals surface area contributed by atoms with Crippen LogP contribution < -0.4 is 0 Å². The molecule has 0 fully saturated rings. The molecular weight excluding hydrogens is 116 g/mol. The van der Waals surface area contributed by atoms with Gasteiger partial charge in [-0.05, 0) is 0 Å². The summed E-state index contributed by atoms with van der Waals surface area (Å²) in [5.74, 6) is 0. The summed E-state index contributed by atoms with van der Waals surface area (Å²) in [4.78, 5) is 0. The highest BCUT2D eigenvalue weighted by Crippen LogP contribution is 1.96. The van der Waals surface area contributed by atoms with Gasteiger partial charge in [-0.15, -0.1) is 0 Å². The Bertz CT molecular complexity index is 113. The summed E-state index contributed by atoms with van der Waals surface area (Å²) in [5.41, 5.74) is 0. The molecule has 0 amide bonds. The second-order valence-electron chi connectivity index (χ2n) is 0.737. The quantitative estimate of drug-likeness (QED) is 0.461. The van der Waals surface area contributed by atoms with Gasteiger partial charge in [0.2, 0.25) is 0 Å². The fourth-order valence-electron chi connectivity index (χ4n) is 0.158. The molecule has 2 nitrogen and oxygen atoms in total. The summed E-state index contributed by atoms with van der Waals surface area (Å²) in [6, 6.07) is 0. The molecule has 1 aromatic heterocycles. The third-order valence-electron chi connectivity index (χ3n) is 0.341. The lowest BCUT2D eigenvalue weighted by Gasteiger charge is -1.78. The van der Waals surface area contributed by atoms with Crippen LogP contribution in [0.25, 0.3) is 0 Å². The summed E-state index contributed by atoms with van der Waals surface area (Å²) in [6.07, 6.45) is 1.56. The molecule has 0 spiro atoms. The fourth-order valence-corrected chi connectivity index (χ4v) is 0.574. The van der Waals surface area contributed by atoms with E-state index in [1.807, 2.05) is 0 Å². The molecule has 1 aromatic rings. The zero-order valence-corrected chi connectivity index (χ0v) is 4.42. The lowest BCUT2D eigenvalue weighted by atomic mass is 11.0. The average molecular weight is 117 g/mol. The third-order valence-corrected chi connectivity index (χ3v) is 1.13. The highest BCUT2D eigenvalue weighted by molar-refractivity contribution is 7.62. The first-order chi connectivity index (χ1) is 2.89. The standard InChI is InChI=1S/C2H2N2S2/c5-2-1-3-4-6-2/h1,5H/p-1. The Morgan fingerprint density at radius 2 is 2.67 bits per heavy atom. The summed E-state index contributed by atoms with van der Waals surface area (Å²) in [6.45, 7) is 0. The van der Waals surface area contributed by atoms with Gasteiger partial charge in [-0.1, -0.05) is 4.21 Å². The van der Waals surface area contributed by atoms with E-state index in [-0.39, 0.29) is 0 Å². The van der Waals surface area contributed by atoms with Gasteiger partial charge in [-0.2, -0.15) is 5.10 Å². The molecule has 0 saturated carbocycles. The minimum absolute atomic E-state index is 0.745. The van der Waals surface area contributed by atoms with Crippen LogP contribution in [0.5, 0.6) is 0 Å². The van der Waals surface area contributed by atoms with Crippen molar-refractivity contribution in [3.8, 4) is 0 Å². The topological polar surface area (TPSA) is 25.8 Å². The van der Waals surface area contributed by atoms with Crippen LogP contribution in [-0.2, 0) is 12.6 Å². The van der Waals surface area contributed by atoms with Gasteiger partial charge in [0.05, 0.1) is 0 Å². The van der Waals surface area contributed by atoms with E-state index in [4.69, 9.17) is 0 Å². The van der Waals surface area contributed by atoms with E-state index in [1.54, 1.807) is 6.20 Å². The number of aromatic nitrogens is 2. The van der Waals surface area contributed by atoms with Gasteiger partial charge in [0.1, 0.15) is 0 Å².